The lowest BCUT2D eigenvalue weighted by atomic mass is 10.2. The SMILES string of the molecule is O=C(C(=O)N(Cc1ccccc1)c1ccccn1)N(Cc1ccccc1)c1ccccn1. The van der Waals surface area contributed by atoms with Gasteiger partial charge in [-0.2, -0.15) is 0 Å². The molecule has 0 fully saturated rings. The number of nitrogens with zero attached hydrogens (tertiary/aromatic N) is 4. The summed E-state index contributed by atoms with van der Waals surface area (Å²) in [4.78, 5) is 38.5. The third-order valence-corrected chi connectivity index (χ3v) is 4.89. The van der Waals surface area contributed by atoms with Crippen LogP contribution in [0.4, 0.5) is 11.6 Å². The lowest BCUT2D eigenvalue weighted by Gasteiger charge is -2.26. The summed E-state index contributed by atoms with van der Waals surface area (Å²) in [5.74, 6) is -0.519. The number of amides is 2. The molecule has 32 heavy (non-hydrogen) atoms. The summed E-state index contributed by atoms with van der Waals surface area (Å²) < 4.78 is 0. The molecule has 0 aliphatic heterocycles. The number of carbonyl (C=O) groups is 2. The maximum atomic E-state index is 13.5. The Morgan fingerprint density at radius 2 is 0.906 bits per heavy atom. The Kier molecular flexibility index (Phi) is 6.63. The molecule has 0 bridgehead atoms. The zero-order chi connectivity index (χ0) is 22.2. The van der Waals surface area contributed by atoms with Crippen LogP contribution in [0.2, 0.25) is 0 Å². The number of benzene rings is 2. The maximum Gasteiger partial charge on any atom is 0.318 e. The third-order valence-electron chi connectivity index (χ3n) is 4.89. The molecule has 0 radical (unpaired) electrons. The van der Waals surface area contributed by atoms with Gasteiger partial charge in [-0.15, -0.1) is 0 Å². The van der Waals surface area contributed by atoms with Crippen molar-refractivity contribution < 1.29 is 9.59 Å². The van der Waals surface area contributed by atoms with Crippen molar-refractivity contribution in [3.05, 3.63) is 121 Å². The van der Waals surface area contributed by atoms with E-state index < -0.39 is 11.8 Å². The van der Waals surface area contributed by atoms with E-state index in [2.05, 4.69) is 9.97 Å². The minimum atomic E-state index is -0.672. The molecule has 0 saturated carbocycles. The second-order valence-corrected chi connectivity index (χ2v) is 7.13. The number of hydrogen-bond donors (Lipinski definition) is 0. The first kappa shape index (κ1) is 20.9. The van der Waals surface area contributed by atoms with E-state index in [4.69, 9.17) is 0 Å². The Hall–Kier alpha value is -4.32. The van der Waals surface area contributed by atoms with Gasteiger partial charge in [-0.1, -0.05) is 72.8 Å². The fourth-order valence-corrected chi connectivity index (χ4v) is 3.30. The molecule has 0 N–H and O–H groups in total. The number of anilines is 2. The van der Waals surface area contributed by atoms with Gasteiger partial charge < -0.3 is 0 Å². The summed E-state index contributed by atoms with van der Waals surface area (Å²) >= 11 is 0. The number of pyridine rings is 2. The predicted molar refractivity (Wildman–Crippen MR) is 124 cm³/mol. The van der Waals surface area contributed by atoms with Gasteiger partial charge in [0.15, 0.2) is 0 Å². The first-order chi connectivity index (χ1) is 15.7. The van der Waals surface area contributed by atoms with Crippen molar-refractivity contribution in [3.63, 3.8) is 0 Å². The molecule has 0 unspecified atom stereocenters. The standard InChI is InChI=1S/C26H22N4O2/c31-25(29(23-15-7-9-17-27-23)19-21-11-3-1-4-12-21)26(32)30(24-16-8-10-18-28-24)20-22-13-5-2-6-14-22/h1-18H,19-20H2. The van der Waals surface area contributed by atoms with E-state index in [0.717, 1.165) is 11.1 Å². The van der Waals surface area contributed by atoms with E-state index >= 15 is 0 Å². The highest BCUT2D eigenvalue weighted by Crippen LogP contribution is 2.19. The smallest absolute Gasteiger partial charge is 0.284 e. The Morgan fingerprint density at radius 3 is 1.25 bits per heavy atom. The number of hydrogen-bond acceptors (Lipinski definition) is 4. The second kappa shape index (κ2) is 10.1. The van der Waals surface area contributed by atoms with Crippen LogP contribution < -0.4 is 9.80 Å². The lowest BCUT2D eigenvalue weighted by Crippen LogP contribution is -2.45. The molecule has 6 nitrogen and oxygen atoms in total. The second-order valence-electron chi connectivity index (χ2n) is 7.13. The van der Waals surface area contributed by atoms with Crippen LogP contribution in [0, 0.1) is 0 Å². The van der Waals surface area contributed by atoms with Crippen molar-refractivity contribution in [1.29, 1.82) is 0 Å². The van der Waals surface area contributed by atoms with Crippen LogP contribution in [-0.2, 0) is 22.7 Å². The molecule has 0 aliphatic rings. The van der Waals surface area contributed by atoms with Gasteiger partial charge in [-0.3, -0.25) is 19.4 Å². The van der Waals surface area contributed by atoms with Crippen LogP contribution in [0.15, 0.2) is 109 Å². The van der Waals surface area contributed by atoms with Gasteiger partial charge in [0, 0.05) is 12.4 Å². The summed E-state index contributed by atoms with van der Waals surface area (Å²) in [7, 11) is 0. The van der Waals surface area contributed by atoms with Gasteiger partial charge in [0.1, 0.15) is 11.6 Å². The van der Waals surface area contributed by atoms with Gasteiger partial charge in [0.05, 0.1) is 13.1 Å². The number of aromatic nitrogens is 2. The van der Waals surface area contributed by atoms with Crippen molar-refractivity contribution in [1.82, 2.24) is 9.97 Å². The summed E-state index contributed by atoms with van der Waals surface area (Å²) in [6.45, 7) is 0.452. The van der Waals surface area contributed by atoms with Crippen LogP contribution in [0.25, 0.3) is 0 Å². The van der Waals surface area contributed by atoms with E-state index in [1.807, 2.05) is 60.7 Å². The van der Waals surface area contributed by atoms with Gasteiger partial charge >= 0.3 is 11.8 Å². The molecule has 2 heterocycles. The topological polar surface area (TPSA) is 66.4 Å². The summed E-state index contributed by atoms with van der Waals surface area (Å²) in [5.41, 5.74) is 1.79. The highest BCUT2D eigenvalue weighted by atomic mass is 16.2. The zero-order valence-corrected chi connectivity index (χ0v) is 17.4. The molecular weight excluding hydrogens is 400 g/mol. The Morgan fingerprint density at radius 1 is 0.531 bits per heavy atom. The minimum Gasteiger partial charge on any atom is -0.284 e. The molecule has 0 spiro atoms. The summed E-state index contributed by atoms with van der Waals surface area (Å²) in [6, 6.07) is 29.6. The normalized spacial score (nSPS) is 10.4. The fourth-order valence-electron chi connectivity index (χ4n) is 3.30. The van der Waals surface area contributed by atoms with Gasteiger partial charge in [0.2, 0.25) is 0 Å². The van der Waals surface area contributed by atoms with E-state index in [0.29, 0.717) is 11.6 Å². The number of rotatable bonds is 6. The van der Waals surface area contributed by atoms with Crippen molar-refractivity contribution in [2.45, 2.75) is 13.1 Å². The quantitative estimate of drug-likeness (QED) is 0.436. The van der Waals surface area contributed by atoms with Crippen LogP contribution in [0.5, 0.6) is 0 Å². The number of carbonyl (C=O) groups excluding carboxylic acids is 2. The van der Waals surface area contributed by atoms with Crippen molar-refractivity contribution in [3.8, 4) is 0 Å². The van der Waals surface area contributed by atoms with Gasteiger partial charge in [-0.05, 0) is 35.4 Å². The van der Waals surface area contributed by atoms with Crippen LogP contribution in [0.1, 0.15) is 11.1 Å². The molecule has 0 atom stereocenters. The van der Waals surface area contributed by atoms with Gasteiger partial charge in [-0.25, -0.2) is 9.97 Å². The first-order valence-electron chi connectivity index (χ1n) is 10.3. The van der Waals surface area contributed by atoms with E-state index in [1.54, 1.807) is 48.8 Å². The maximum absolute atomic E-state index is 13.5. The Labute approximate surface area is 186 Å². The van der Waals surface area contributed by atoms with Crippen molar-refractivity contribution in [2.75, 3.05) is 9.80 Å². The first-order valence-corrected chi connectivity index (χ1v) is 10.3. The molecule has 2 aromatic carbocycles. The average molecular weight is 422 g/mol. The molecular formula is C26H22N4O2. The Bertz CT molecular complexity index is 1060. The monoisotopic (exact) mass is 422 g/mol. The van der Waals surface area contributed by atoms with Crippen molar-refractivity contribution in [2.24, 2.45) is 0 Å². The van der Waals surface area contributed by atoms with Crippen LogP contribution in [-0.4, -0.2) is 21.8 Å². The van der Waals surface area contributed by atoms with Crippen LogP contribution >= 0.6 is 0 Å². The molecule has 0 saturated heterocycles. The summed E-state index contributed by atoms with van der Waals surface area (Å²) in [6.07, 6.45) is 3.21. The molecule has 2 amide bonds. The van der Waals surface area contributed by atoms with Gasteiger partial charge in [0.25, 0.3) is 0 Å². The largest absolute Gasteiger partial charge is 0.318 e. The fraction of sp³-hybridized carbons (Fsp3) is 0.0769. The van der Waals surface area contributed by atoms with E-state index in [-0.39, 0.29) is 13.1 Å². The molecule has 4 aromatic rings. The molecule has 6 heteroatoms. The molecule has 158 valence electrons. The molecule has 0 aliphatic carbocycles. The van der Waals surface area contributed by atoms with E-state index in [9.17, 15) is 9.59 Å². The molecule has 2 aromatic heterocycles. The zero-order valence-electron chi connectivity index (χ0n) is 17.4. The highest BCUT2D eigenvalue weighted by molar-refractivity contribution is 6.44. The van der Waals surface area contributed by atoms with Crippen molar-refractivity contribution >= 4 is 23.5 Å². The minimum absolute atomic E-state index is 0.226. The predicted octanol–water partition coefficient (Wildman–Crippen LogP) is 4.24. The molecule has 4 rings (SSSR count). The third kappa shape index (κ3) is 5.05. The lowest BCUT2D eigenvalue weighted by molar-refractivity contribution is -0.136. The average Bonchev–Trinajstić information content (AvgIpc) is 2.87. The van der Waals surface area contributed by atoms with Crippen LogP contribution in [0.3, 0.4) is 0 Å². The Balaban J connectivity index is 1.67. The highest BCUT2D eigenvalue weighted by Gasteiger charge is 2.30. The van der Waals surface area contributed by atoms with E-state index in [1.165, 1.54) is 9.80 Å². The summed E-state index contributed by atoms with van der Waals surface area (Å²) in [5, 5.41) is 0.